The molecule has 2 amide bonds. The molecule has 0 radical (unpaired) electrons. The van der Waals surface area contributed by atoms with Crippen molar-refractivity contribution in [1.82, 2.24) is 19.8 Å². The smallest absolute Gasteiger partial charge is 0.269 e. The minimum Gasteiger partial charge on any atom is -0.339 e. The van der Waals surface area contributed by atoms with E-state index in [9.17, 15) is 19.7 Å². The molecular formula is C23H22N6O4. The Labute approximate surface area is 190 Å². The summed E-state index contributed by atoms with van der Waals surface area (Å²) in [5.74, 6) is 0.323. The van der Waals surface area contributed by atoms with Gasteiger partial charge in [-0.2, -0.15) is 0 Å². The van der Waals surface area contributed by atoms with Gasteiger partial charge in [-0.15, -0.1) is 0 Å². The summed E-state index contributed by atoms with van der Waals surface area (Å²) in [7, 11) is 0. The van der Waals surface area contributed by atoms with E-state index in [1.165, 1.54) is 19.1 Å². The topological polar surface area (TPSA) is 122 Å². The number of anilines is 2. The van der Waals surface area contributed by atoms with Crippen molar-refractivity contribution in [2.45, 2.75) is 6.92 Å². The molecule has 10 heteroatoms. The van der Waals surface area contributed by atoms with Crippen molar-refractivity contribution in [1.29, 1.82) is 0 Å². The van der Waals surface area contributed by atoms with Gasteiger partial charge in [0.2, 0.25) is 11.9 Å². The van der Waals surface area contributed by atoms with E-state index in [2.05, 4.69) is 15.3 Å². The molecule has 10 nitrogen and oxygen atoms in total. The number of amides is 2. The zero-order valence-electron chi connectivity index (χ0n) is 18.0. The van der Waals surface area contributed by atoms with E-state index in [4.69, 9.17) is 0 Å². The van der Waals surface area contributed by atoms with Gasteiger partial charge in [-0.25, -0.2) is 9.97 Å². The van der Waals surface area contributed by atoms with Gasteiger partial charge < -0.3 is 15.1 Å². The number of piperazine rings is 1. The van der Waals surface area contributed by atoms with Crippen LogP contribution in [0.15, 0.2) is 60.8 Å². The largest absolute Gasteiger partial charge is 0.339 e. The van der Waals surface area contributed by atoms with Gasteiger partial charge in [-0.1, -0.05) is 0 Å². The lowest BCUT2D eigenvalue weighted by Gasteiger charge is -2.34. The second kappa shape index (κ2) is 9.43. The Balaban J connectivity index is 1.41. The molecule has 168 valence electrons. The van der Waals surface area contributed by atoms with Gasteiger partial charge in [0.25, 0.3) is 11.6 Å². The fourth-order valence-electron chi connectivity index (χ4n) is 3.57. The Morgan fingerprint density at radius 2 is 1.58 bits per heavy atom. The fourth-order valence-corrected chi connectivity index (χ4v) is 3.57. The van der Waals surface area contributed by atoms with E-state index in [0.717, 1.165) is 5.56 Å². The van der Waals surface area contributed by atoms with Gasteiger partial charge in [0, 0.05) is 68.2 Å². The molecular weight excluding hydrogens is 424 g/mol. The summed E-state index contributed by atoms with van der Waals surface area (Å²) in [4.78, 5) is 46.8. The summed E-state index contributed by atoms with van der Waals surface area (Å²) < 4.78 is 0. The quantitative estimate of drug-likeness (QED) is 0.472. The number of hydrogen-bond donors (Lipinski definition) is 1. The van der Waals surface area contributed by atoms with Crippen molar-refractivity contribution in [2.75, 3.05) is 31.5 Å². The zero-order valence-corrected chi connectivity index (χ0v) is 18.0. The van der Waals surface area contributed by atoms with Crippen LogP contribution in [0.4, 0.5) is 17.3 Å². The maximum absolute atomic E-state index is 12.7. The Bertz CT molecular complexity index is 1170. The molecule has 1 aromatic heterocycles. The lowest BCUT2D eigenvalue weighted by Crippen LogP contribution is -2.50. The third kappa shape index (κ3) is 5.12. The first-order valence-corrected chi connectivity index (χ1v) is 10.4. The van der Waals surface area contributed by atoms with Gasteiger partial charge in [0.15, 0.2) is 0 Å². The van der Waals surface area contributed by atoms with E-state index in [0.29, 0.717) is 49.1 Å². The average Bonchev–Trinajstić information content (AvgIpc) is 2.84. The molecule has 1 aliphatic heterocycles. The molecule has 3 aromatic rings. The van der Waals surface area contributed by atoms with Crippen molar-refractivity contribution in [2.24, 2.45) is 0 Å². The SMILES string of the molecule is CC(=O)N1CCN(C(=O)c2ccc(Nc3nccc(-c4ccc([N+](=O)[O-])cc4)n3)cc2)CC1. The minimum atomic E-state index is -0.447. The number of nitro groups is 1. The van der Waals surface area contributed by atoms with Crippen molar-refractivity contribution < 1.29 is 14.5 Å². The summed E-state index contributed by atoms with van der Waals surface area (Å²) >= 11 is 0. The molecule has 0 spiro atoms. The second-order valence-electron chi connectivity index (χ2n) is 7.57. The van der Waals surface area contributed by atoms with Gasteiger partial charge in [-0.05, 0) is 42.5 Å². The Morgan fingerprint density at radius 1 is 0.939 bits per heavy atom. The molecule has 2 aromatic carbocycles. The lowest BCUT2D eigenvalue weighted by molar-refractivity contribution is -0.384. The number of nitro benzene ring substituents is 1. The van der Waals surface area contributed by atoms with Crippen LogP contribution in [0.3, 0.4) is 0 Å². The summed E-state index contributed by atoms with van der Waals surface area (Å²) in [5.41, 5.74) is 2.66. The molecule has 1 N–H and O–H groups in total. The molecule has 0 aliphatic carbocycles. The van der Waals surface area contributed by atoms with E-state index >= 15 is 0 Å². The second-order valence-corrected chi connectivity index (χ2v) is 7.57. The normalized spacial score (nSPS) is 13.5. The third-order valence-corrected chi connectivity index (χ3v) is 5.43. The standard InChI is InChI=1S/C23H22N6O4/c1-16(30)27-12-14-28(15-13-27)22(31)18-2-6-19(7-3-18)25-23-24-11-10-21(26-23)17-4-8-20(9-5-17)29(32)33/h2-11H,12-15H2,1H3,(H,24,25,26). The van der Waals surface area contributed by atoms with Crippen LogP contribution in [0.2, 0.25) is 0 Å². The summed E-state index contributed by atoms with van der Waals surface area (Å²) in [6.07, 6.45) is 1.60. The number of carbonyl (C=O) groups excluding carboxylic acids is 2. The molecule has 0 bridgehead atoms. The highest BCUT2D eigenvalue weighted by Crippen LogP contribution is 2.22. The van der Waals surface area contributed by atoms with Crippen LogP contribution in [-0.4, -0.2) is 62.7 Å². The van der Waals surface area contributed by atoms with Crippen LogP contribution in [0, 0.1) is 10.1 Å². The monoisotopic (exact) mass is 446 g/mol. The number of nitrogens with one attached hydrogen (secondary N) is 1. The average molecular weight is 446 g/mol. The van der Waals surface area contributed by atoms with Crippen molar-refractivity contribution in [3.05, 3.63) is 76.5 Å². The first-order chi connectivity index (χ1) is 15.9. The van der Waals surface area contributed by atoms with Crippen LogP contribution < -0.4 is 5.32 Å². The molecule has 1 saturated heterocycles. The predicted molar refractivity (Wildman–Crippen MR) is 122 cm³/mol. The highest BCUT2D eigenvalue weighted by molar-refractivity contribution is 5.94. The van der Waals surface area contributed by atoms with Gasteiger partial charge in [0.05, 0.1) is 10.6 Å². The predicted octanol–water partition coefficient (Wildman–Crippen LogP) is 3.10. The molecule has 2 heterocycles. The minimum absolute atomic E-state index is 0.0153. The Morgan fingerprint density at radius 3 is 2.18 bits per heavy atom. The molecule has 1 aliphatic rings. The highest BCUT2D eigenvalue weighted by Gasteiger charge is 2.23. The Hall–Kier alpha value is -4.34. The van der Waals surface area contributed by atoms with Gasteiger partial charge >= 0.3 is 0 Å². The number of non-ortho nitro benzene ring substituents is 1. The maximum Gasteiger partial charge on any atom is 0.269 e. The molecule has 0 saturated carbocycles. The fraction of sp³-hybridized carbons (Fsp3) is 0.217. The zero-order chi connectivity index (χ0) is 23.4. The lowest BCUT2D eigenvalue weighted by atomic mass is 10.1. The maximum atomic E-state index is 12.7. The summed E-state index contributed by atoms with van der Waals surface area (Å²) in [5, 5.41) is 13.9. The first kappa shape index (κ1) is 21.9. The van der Waals surface area contributed by atoms with E-state index < -0.39 is 4.92 Å². The van der Waals surface area contributed by atoms with Crippen LogP contribution >= 0.6 is 0 Å². The summed E-state index contributed by atoms with van der Waals surface area (Å²) in [6.45, 7) is 3.66. The third-order valence-electron chi connectivity index (χ3n) is 5.43. The number of carbonyl (C=O) groups is 2. The molecule has 1 fully saturated rings. The van der Waals surface area contributed by atoms with Crippen LogP contribution in [-0.2, 0) is 4.79 Å². The van der Waals surface area contributed by atoms with Crippen molar-refractivity contribution in [3.8, 4) is 11.3 Å². The van der Waals surface area contributed by atoms with Crippen LogP contribution in [0.5, 0.6) is 0 Å². The van der Waals surface area contributed by atoms with Crippen LogP contribution in [0.1, 0.15) is 17.3 Å². The van der Waals surface area contributed by atoms with E-state index in [-0.39, 0.29) is 17.5 Å². The molecule has 0 atom stereocenters. The number of benzene rings is 2. The molecule has 4 rings (SSSR count). The van der Waals surface area contributed by atoms with Crippen LogP contribution in [0.25, 0.3) is 11.3 Å². The number of aromatic nitrogens is 2. The number of hydrogen-bond acceptors (Lipinski definition) is 7. The van der Waals surface area contributed by atoms with E-state index in [1.54, 1.807) is 58.5 Å². The molecule has 33 heavy (non-hydrogen) atoms. The van der Waals surface area contributed by atoms with Crippen molar-refractivity contribution in [3.63, 3.8) is 0 Å². The van der Waals surface area contributed by atoms with Gasteiger partial charge in [0.1, 0.15) is 0 Å². The first-order valence-electron chi connectivity index (χ1n) is 10.4. The highest BCUT2D eigenvalue weighted by atomic mass is 16.6. The van der Waals surface area contributed by atoms with Crippen molar-refractivity contribution >= 4 is 29.1 Å². The Kier molecular flexibility index (Phi) is 6.25. The summed E-state index contributed by atoms with van der Waals surface area (Å²) in [6, 6.07) is 14.9. The molecule has 0 unspecified atom stereocenters. The number of rotatable bonds is 5. The number of nitrogens with zero attached hydrogens (tertiary/aromatic N) is 5. The van der Waals surface area contributed by atoms with E-state index in [1.807, 2.05) is 0 Å². The van der Waals surface area contributed by atoms with Gasteiger partial charge in [-0.3, -0.25) is 19.7 Å².